The zero-order chi connectivity index (χ0) is 14.4. The highest BCUT2D eigenvalue weighted by atomic mass is 16.5. The third kappa shape index (κ3) is 3.61. The first kappa shape index (κ1) is 15.5. The van der Waals surface area contributed by atoms with E-state index >= 15 is 0 Å². The fourth-order valence-corrected chi connectivity index (χ4v) is 3.05. The van der Waals surface area contributed by atoms with Gasteiger partial charge >= 0.3 is 0 Å². The van der Waals surface area contributed by atoms with Gasteiger partial charge in [-0.05, 0) is 38.6 Å². The maximum Gasteiger partial charge on any atom is 0.0669 e. The van der Waals surface area contributed by atoms with Crippen LogP contribution in [0.25, 0.3) is 0 Å². The van der Waals surface area contributed by atoms with Crippen LogP contribution in [0.4, 0.5) is 0 Å². The van der Waals surface area contributed by atoms with E-state index in [1.165, 1.54) is 29.8 Å². The fourth-order valence-electron chi connectivity index (χ4n) is 3.05. The van der Waals surface area contributed by atoms with Gasteiger partial charge in [-0.15, -0.1) is 0 Å². The van der Waals surface area contributed by atoms with E-state index in [0.717, 1.165) is 45.5 Å². The number of nitrogens with zero attached hydrogens (tertiary/aromatic N) is 2. The Bertz CT molecular complexity index is 408. The fraction of sp³-hybridized carbons (Fsp3) is 0.812. The van der Waals surface area contributed by atoms with Crippen LogP contribution >= 0.6 is 0 Å². The number of hydrogen-bond donors (Lipinski definition) is 1. The van der Waals surface area contributed by atoms with Gasteiger partial charge in [-0.3, -0.25) is 4.68 Å². The highest BCUT2D eigenvalue weighted by Crippen LogP contribution is 2.20. The van der Waals surface area contributed by atoms with Crippen LogP contribution in [0.2, 0.25) is 0 Å². The van der Waals surface area contributed by atoms with Crippen molar-refractivity contribution in [3.63, 3.8) is 0 Å². The first-order chi connectivity index (χ1) is 9.80. The summed E-state index contributed by atoms with van der Waals surface area (Å²) in [7, 11) is 0. The molecular weight excluding hydrogens is 250 g/mol. The Morgan fingerprint density at radius 1 is 1.30 bits per heavy atom. The van der Waals surface area contributed by atoms with Gasteiger partial charge in [0.1, 0.15) is 0 Å². The molecule has 2 heterocycles. The molecular formula is C16H29N3O. The molecule has 1 aromatic heterocycles. The second-order valence-electron chi connectivity index (χ2n) is 5.51. The van der Waals surface area contributed by atoms with Crippen LogP contribution in [0.1, 0.15) is 57.0 Å². The molecule has 0 spiro atoms. The molecule has 2 rings (SSSR count). The van der Waals surface area contributed by atoms with Gasteiger partial charge in [0.25, 0.3) is 0 Å². The maximum atomic E-state index is 5.72. The largest absolute Gasteiger partial charge is 0.378 e. The number of nitrogens with one attached hydrogen (secondary N) is 1. The standard InChI is InChI=1S/C16H29N3O/c1-4-15-14(12-17-6-3)16(5-2)19(18-15)10-9-13-8-7-11-20-13/h13,17H,4-12H2,1-3H3. The summed E-state index contributed by atoms with van der Waals surface area (Å²) >= 11 is 0. The van der Waals surface area contributed by atoms with E-state index in [1.807, 2.05) is 0 Å². The van der Waals surface area contributed by atoms with Crippen LogP contribution in [0.5, 0.6) is 0 Å². The van der Waals surface area contributed by atoms with Crippen molar-refractivity contribution in [3.8, 4) is 0 Å². The van der Waals surface area contributed by atoms with E-state index in [-0.39, 0.29) is 0 Å². The number of aromatic nitrogens is 2. The van der Waals surface area contributed by atoms with Gasteiger partial charge in [0, 0.05) is 31.0 Å². The lowest BCUT2D eigenvalue weighted by Crippen LogP contribution is -2.15. The first-order valence-electron chi connectivity index (χ1n) is 8.19. The third-order valence-corrected chi connectivity index (χ3v) is 4.16. The molecule has 4 heteroatoms. The molecule has 4 nitrogen and oxygen atoms in total. The summed E-state index contributed by atoms with van der Waals surface area (Å²) in [4.78, 5) is 0. The van der Waals surface area contributed by atoms with Crippen molar-refractivity contribution in [3.05, 3.63) is 17.0 Å². The summed E-state index contributed by atoms with van der Waals surface area (Å²) in [5, 5.41) is 8.28. The van der Waals surface area contributed by atoms with Gasteiger partial charge in [0.15, 0.2) is 0 Å². The molecule has 1 aliphatic heterocycles. The second kappa shape index (κ2) is 7.79. The van der Waals surface area contributed by atoms with E-state index in [9.17, 15) is 0 Å². The monoisotopic (exact) mass is 279 g/mol. The Balaban J connectivity index is 2.07. The molecule has 1 unspecified atom stereocenters. The maximum absolute atomic E-state index is 5.72. The molecule has 1 aromatic rings. The zero-order valence-corrected chi connectivity index (χ0v) is 13.2. The predicted octanol–water partition coefficient (Wildman–Crippen LogP) is 2.69. The summed E-state index contributed by atoms with van der Waals surface area (Å²) in [6.07, 6.45) is 6.05. The van der Waals surface area contributed by atoms with Crippen LogP contribution in [0, 0.1) is 0 Å². The summed E-state index contributed by atoms with van der Waals surface area (Å²) in [6, 6.07) is 0. The average Bonchev–Trinajstić information content (AvgIpc) is 3.09. The van der Waals surface area contributed by atoms with Gasteiger partial charge in [0.2, 0.25) is 0 Å². The number of hydrogen-bond acceptors (Lipinski definition) is 3. The highest BCUT2D eigenvalue weighted by Gasteiger charge is 2.18. The molecule has 0 saturated carbocycles. The minimum absolute atomic E-state index is 0.450. The third-order valence-electron chi connectivity index (χ3n) is 4.16. The highest BCUT2D eigenvalue weighted by molar-refractivity contribution is 5.26. The minimum atomic E-state index is 0.450. The van der Waals surface area contributed by atoms with Crippen LogP contribution in [-0.2, 0) is 30.7 Å². The van der Waals surface area contributed by atoms with Crippen molar-refractivity contribution in [1.82, 2.24) is 15.1 Å². The molecule has 1 saturated heterocycles. The van der Waals surface area contributed by atoms with Crippen LogP contribution < -0.4 is 5.32 Å². The lowest BCUT2D eigenvalue weighted by molar-refractivity contribution is 0.0992. The lowest BCUT2D eigenvalue weighted by Gasteiger charge is -2.11. The van der Waals surface area contributed by atoms with E-state index in [2.05, 4.69) is 30.8 Å². The van der Waals surface area contributed by atoms with E-state index in [1.54, 1.807) is 0 Å². The van der Waals surface area contributed by atoms with Gasteiger partial charge in [-0.25, -0.2) is 0 Å². The molecule has 1 atom stereocenters. The summed E-state index contributed by atoms with van der Waals surface area (Å²) in [6.45, 7) is 10.5. The van der Waals surface area contributed by atoms with Crippen molar-refractivity contribution >= 4 is 0 Å². The van der Waals surface area contributed by atoms with Crippen LogP contribution in [-0.4, -0.2) is 29.0 Å². The molecule has 0 bridgehead atoms. The van der Waals surface area contributed by atoms with E-state index < -0.39 is 0 Å². The Morgan fingerprint density at radius 2 is 2.15 bits per heavy atom. The summed E-state index contributed by atoms with van der Waals surface area (Å²) in [5.41, 5.74) is 4.08. The SMILES string of the molecule is CCNCc1c(CC)nn(CCC2CCCO2)c1CC. The zero-order valence-electron chi connectivity index (χ0n) is 13.2. The molecule has 0 amide bonds. The van der Waals surface area contributed by atoms with Crippen molar-refractivity contribution in [2.45, 2.75) is 72.1 Å². The Kier molecular flexibility index (Phi) is 6.05. The van der Waals surface area contributed by atoms with Gasteiger partial charge in [-0.2, -0.15) is 5.10 Å². The minimum Gasteiger partial charge on any atom is -0.378 e. The molecule has 0 radical (unpaired) electrons. The molecule has 1 aliphatic rings. The molecule has 1 N–H and O–H groups in total. The van der Waals surface area contributed by atoms with Crippen molar-refractivity contribution < 1.29 is 4.74 Å². The Morgan fingerprint density at radius 3 is 2.75 bits per heavy atom. The summed E-state index contributed by atoms with van der Waals surface area (Å²) in [5.74, 6) is 0. The van der Waals surface area contributed by atoms with Gasteiger partial charge in [0.05, 0.1) is 11.8 Å². The normalized spacial score (nSPS) is 18.9. The van der Waals surface area contributed by atoms with Crippen LogP contribution in [0.15, 0.2) is 0 Å². The quantitative estimate of drug-likeness (QED) is 0.795. The van der Waals surface area contributed by atoms with E-state index in [0.29, 0.717) is 6.10 Å². The Hall–Kier alpha value is -0.870. The van der Waals surface area contributed by atoms with Crippen molar-refractivity contribution in [2.24, 2.45) is 0 Å². The summed E-state index contributed by atoms with van der Waals surface area (Å²) < 4.78 is 7.95. The number of ether oxygens (including phenoxy) is 1. The molecule has 1 fully saturated rings. The molecule has 20 heavy (non-hydrogen) atoms. The van der Waals surface area contributed by atoms with Gasteiger partial charge in [-0.1, -0.05) is 20.8 Å². The topological polar surface area (TPSA) is 39.1 Å². The number of aryl methyl sites for hydroxylation is 2. The Labute approximate surface area is 122 Å². The van der Waals surface area contributed by atoms with Crippen LogP contribution in [0.3, 0.4) is 0 Å². The lowest BCUT2D eigenvalue weighted by atomic mass is 10.1. The second-order valence-corrected chi connectivity index (χ2v) is 5.51. The molecule has 0 aromatic carbocycles. The average molecular weight is 279 g/mol. The smallest absolute Gasteiger partial charge is 0.0669 e. The first-order valence-corrected chi connectivity index (χ1v) is 8.19. The molecule has 114 valence electrons. The van der Waals surface area contributed by atoms with E-state index in [4.69, 9.17) is 9.84 Å². The van der Waals surface area contributed by atoms with Gasteiger partial charge < -0.3 is 10.1 Å². The predicted molar refractivity (Wildman–Crippen MR) is 82.0 cm³/mol. The molecule has 0 aliphatic carbocycles. The van der Waals surface area contributed by atoms with Crippen molar-refractivity contribution in [1.29, 1.82) is 0 Å². The van der Waals surface area contributed by atoms with Crippen molar-refractivity contribution in [2.75, 3.05) is 13.2 Å². The number of rotatable bonds is 8.